The lowest BCUT2D eigenvalue weighted by molar-refractivity contribution is -0.209. The van der Waals surface area contributed by atoms with E-state index in [1.165, 1.54) is 26.0 Å². The monoisotopic (exact) mass is 507 g/mol. The van der Waals surface area contributed by atoms with Crippen molar-refractivity contribution >= 4 is 11.8 Å². The van der Waals surface area contributed by atoms with Crippen LogP contribution in [0, 0.1) is 19.7 Å². The maximum atomic E-state index is 15.1. The van der Waals surface area contributed by atoms with Gasteiger partial charge in [0.2, 0.25) is 0 Å². The topological polar surface area (TPSA) is 86.8 Å². The number of ketones is 1. The molecule has 1 aromatic heterocycles. The molecule has 0 saturated heterocycles. The quantitative estimate of drug-likeness (QED) is 0.434. The zero-order chi connectivity index (χ0) is 26.1. The number of ether oxygens (including phenoxy) is 2. The van der Waals surface area contributed by atoms with E-state index < -0.39 is 67.1 Å². The highest BCUT2D eigenvalue weighted by molar-refractivity contribution is 5.97. The summed E-state index contributed by atoms with van der Waals surface area (Å²) < 4.78 is 103. The number of Topliss-reactive ketones (excluding diaryl/α,β-unsaturated/α-hetero) is 1. The van der Waals surface area contributed by atoms with Crippen LogP contribution in [0.2, 0.25) is 0 Å². The predicted molar refractivity (Wildman–Crippen MR) is 110 cm³/mol. The second-order valence-corrected chi connectivity index (χ2v) is 8.06. The van der Waals surface area contributed by atoms with Crippen molar-refractivity contribution in [1.82, 2.24) is 4.98 Å². The summed E-state index contributed by atoms with van der Waals surface area (Å²) in [6.07, 6.45) is -7.95. The Balaban J connectivity index is 1.97. The average Bonchev–Trinajstić information content (AvgIpc) is 2.74. The predicted octanol–water partition coefficient (Wildman–Crippen LogP) is 4.70. The van der Waals surface area contributed by atoms with E-state index in [2.05, 4.69) is 19.5 Å². The third kappa shape index (κ3) is 5.65. The number of pyridine rings is 1. The number of halogens is 7. The minimum absolute atomic E-state index is 0.0627. The molecule has 2 N–H and O–H groups in total. The highest BCUT2D eigenvalue weighted by Crippen LogP contribution is 2.42. The number of aryl methyl sites for hydroxylation is 2. The molecule has 2 atom stereocenters. The van der Waals surface area contributed by atoms with E-state index in [0.717, 1.165) is 12.3 Å². The van der Waals surface area contributed by atoms with Gasteiger partial charge in [-0.1, -0.05) is 6.07 Å². The molecule has 3 rings (SSSR count). The Morgan fingerprint density at radius 1 is 1.26 bits per heavy atom. The number of carbonyl (C=O) groups excluding carboxylic acids is 1. The van der Waals surface area contributed by atoms with Crippen LogP contribution in [0.1, 0.15) is 39.2 Å². The Bertz CT molecular complexity index is 1150. The van der Waals surface area contributed by atoms with E-state index in [1.54, 1.807) is 0 Å². The molecular formula is C22H20F7N3O3. The van der Waals surface area contributed by atoms with Crippen LogP contribution in [0.3, 0.4) is 0 Å². The molecule has 1 aliphatic heterocycles. The van der Waals surface area contributed by atoms with Crippen molar-refractivity contribution in [3.8, 4) is 5.75 Å². The maximum Gasteiger partial charge on any atom is 0.425 e. The van der Waals surface area contributed by atoms with Crippen molar-refractivity contribution < 1.29 is 45.0 Å². The third-order valence-corrected chi connectivity index (χ3v) is 5.42. The first-order chi connectivity index (χ1) is 16.3. The minimum Gasteiger partial charge on any atom is -0.452 e. The fourth-order valence-electron chi connectivity index (χ4n) is 3.85. The van der Waals surface area contributed by atoms with Gasteiger partial charge in [0.15, 0.2) is 11.9 Å². The zero-order valence-electron chi connectivity index (χ0n) is 18.4. The first-order valence-electron chi connectivity index (χ1n) is 10.1. The summed E-state index contributed by atoms with van der Waals surface area (Å²) in [7, 11) is 0. The molecule has 13 heteroatoms. The van der Waals surface area contributed by atoms with Gasteiger partial charge in [-0.15, -0.1) is 0 Å². The zero-order valence-corrected chi connectivity index (χ0v) is 18.4. The normalized spacial score (nSPS) is 20.4. The number of benzene rings is 1. The molecule has 0 aliphatic carbocycles. The van der Waals surface area contributed by atoms with Crippen LogP contribution in [0.4, 0.5) is 30.7 Å². The number of nitrogens with two attached hydrogens (primary N) is 1. The van der Waals surface area contributed by atoms with E-state index in [9.17, 15) is 31.1 Å². The van der Waals surface area contributed by atoms with Crippen LogP contribution in [0.15, 0.2) is 29.4 Å². The minimum atomic E-state index is -4.91. The first-order valence-corrected chi connectivity index (χ1v) is 10.1. The number of alkyl halides is 6. The van der Waals surface area contributed by atoms with E-state index in [-0.39, 0.29) is 28.1 Å². The van der Waals surface area contributed by atoms with Gasteiger partial charge in [-0.3, -0.25) is 4.79 Å². The smallest absolute Gasteiger partial charge is 0.425 e. The van der Waals surface area contributed by atoms with Gasteiger partial charge in [0.25, 0.3) is 6.02 Å². The highest BCUT2D eigenvalue weighted by atomic mass is 19.4. The molecular weight excluding hydrogens is 487 g/mol. The SMILES string of the molecule is Cc1cc(OC(F)F)cnc1C(=O)Cc1cc(C)c(F)c([C@]2(CF)C[C@@H](C(F)(F)F)OC(N)=N2)c1. The summed E-state index contributed by atoms with van der Waals surface area (Å²) in [5.74, 6) is -1.85. The number of hydrogen-bond acceptors (Lipinski definition) is 6. The van der Waals surface area contributed by atoms with Crippen LogP contribution in [0.5, 0.6) is 5.75 Å². The van der Waals surface area contributed by atoms with Crippen LogP contribution in [-0.4, -0.2) is 42.4 Å². The van der Waals surface area contributed by atoms with Crippen LogP contribution in [0.25, 0.3) is 0 Å². The summed E-state index contributed by atoms with van der Waals surface area (Å²) in [6, 6.07) is 2.57. The number of carbonyl (C=O) groups is 1. The molecule has 35 heavy (non-hydrogen) atoms. The van der Waals surface area contributed by atoms with Crippen molar-refractivity contribution in [3.63, 3.8) is 0 Å². The molecule has 0 bridgehead atoms. The van der Waals surface area contributed by atoms with Crippen molar-refractivity contribution in [3.05, 3.63) is 58.2 Å². The Morgan fingerprint density at radius 3 is 2.51 bits per heavy atom. The van der Waals surface area contributed by atoms with Crippen molar-refractivity contribution in [2.75, 3.05) is 6.67 Å². The van der Waals surface area contributed by atoms with Crippen LogP contribution < -0.4 is 10.5 Å². The Kier molecular flexibility index (Phi) is 7.27. The van der Waals surface area contributed by atoms with Gasteiger partial charge >= 0.3 is 12.8 Å². The fraction of sp³-hybridized carbons (Fsp3) is 0.409. The van der Waals surface area contributed by atoms with E-state index in [0.29, 0.717) is 0 Å². The first kappa shape index (κ1) is 26.2. The second kappa shape index (κ2) is 9.70. The van der Waals surface area contributed by atoms with E-state index in [1.807, 2.05) is 0 Å². The lowest BCUT2D eigenvalue weighted by Crippen LogP contribution is -2.48. The summed E-state index contributed by atoms with van der Waals surface area (Å²) >= 11 is 0. The van der Waals surface area contributed by atoms with Gasteiger partial charge in [-0.2, -0.15) is 22.0 Å². The van der Waals surface area contributed by atoms with E-state index in [4.69, 9.17) is 5.73 Å². The molecule has 1 aromatic carbocycles. The molecule has 2 heterocycles. The average molecular weight is 507 g/mol. The van der Waals surface area contributed by atoms with Gasteiger partial charge in [0, 0.05) is 18.4 Å². The standard InChI is InChI=1S/C22H20F7N3O3/c1-10-3-12(6-15(33)18-11(2)4-13(8-31-18)34-19(25)26)5-14(17(10)24)21(9-23)7-16(22(27,28)29)35-20(30)32-21/h3-5,8,16,19H,6-7,9H2,1-2H3,(H2,30,32)/t16-,21+/m0/s1. The Morgan fingerprint density at radius 2 is 1.94 bits per heavy atom. The number of rotatable bonds is 7. The van der Waals surface area contributed by atoms with Crippen molar-refractivity contribution in [2.45, 2.75) is 51.1 Å². The molecule has 6 nitrogen and oxygen atoms in total. The molecule has 0 fully saturated rings. The highest BCUT2D eigenvalue weighted by Gasteiger charge is 2.52. The molecule has 0 spiro atoms. The molecule has 190 valence electrons. The molecule has 0 radical (unpaired) electrons. The fourth-order valence-corrected chi connectivity index (χ4v) is 3.85. The van der Waals surface area contributed by atoms with Crippen LogP contribution in [-0.2, 0) is 16.7 Å². The number of aromatic nitrogens is 1. The maximum absolute atomic E-state index is 15.1. The molecule has 0 unspecified atom stereocenters. The second-order valence-electron chi connectivity index (χ2n) is 8.06. The van der Waals surface area contributed by atoms with Crippen molar-refractivity contribution in [1.29, 1.82) is 0 Å². The van der Waals surface area contributed by atoms with Gasteiger partial charge in [-0.05, 0) is 42.7 Å². The Labute approximate surface area is 194 Å². The number of hydrogen-bond donors (Lipinski definition) is 1. The number of aliphatic imine (C=N–C) groups is 1. The molecule has 2 aromatic rings. The molecule has 0 amide bonds. The van der Waals surface area contributed by atoms with Crippen LogP contribution >= 0.6 is 0 Å². The van der Waals surface area contributed by atoms with Gasteiger partial charge in [0.05, 0.1) is 6.20 Å². The third-order valence-electron chi connectivity index (χ3n) is 5.42. The Hall–Kier alpha value is -3.38. The largest absolute Gasteiger partial charge is 0.452 e. The van der Waals surface area contributed by atoms with E-state index >= 15 is 4.39 Å². The summed E-state index contributed by atoms with van der Waals surface area (Å²) in [6.45, 7) is -1.86. The lowest BCUT2D eigenvalue weighted by Gasteiger charge is -2.37. The molecule has 1 aliphatic rings. The van der Waals surface area contributed by atoms with Gasteiger partial charge < -0.3 is 15.2 Å². The molecule has 0 saturated carbocycles. The number of nitrogens with zero attached hydrogens (tertiary/aromatic N) is 2. The summed E-state index contributed by atoms with van der Waals surface area (Å²) in [5, 5.41) is 0. The number of amidine groups is 1. The summed E-state index contributed by atoms with van der Waals surface area (Å²) in [4.78, 5) is 20.3. The lowest BCUT2D eigenvalue weighted by atomic mass is 9.82. The van der Waals surface area contributed by atoms with Gasteiger partial charge in [0.1, 0.15) is 29.5 Å². The van der Waals surface area contributed by atoms with Gasteiger partial charge in [-0.25, -0.2) is 18.8 Å². The summed E-state index contributed by atoms with van der Waals surface area (Å²) in [5.41, 5.74) is 2.77. The van der Waals surface area contributed by atoms with Crippen molar-refractivity contribution in [2.24, 2.45) is 10.7 Å².